The first-order valence-electron chi connectivity index (χ1n) is 10.6. The third kappa shape index (κ3) is 4.51. The van der Waals surface area contributed by atoms with Crippen LogP contribution in [0.4, 0.5) is 13.2 Å². The van der Waals surface area contributed by atoms with Crippen molar-refractivity contribution in [2.24, 2.45) is 11.8 Å². The van der Waals surface area contributed by atoms with Gasteiger partial charge >= 0.3 is 6.18 Å². The monoisotopic (exact) mass is 510 g/mol. The minimum absolute atomic E-state index is 0.150. The number of nitrogens with one attached hydrogen (secondary N) is 1. The number of hydrogen-bond donors (Lipinski definition) is 1. The van der Waals surface area contributed by atoms with Crippen LogP contribution in [0.15, 0.2) is 42.5 Å². The van der Waals surface area contributed by atoms with E-state index < -0.39 is 11.7 Å². The minimum Gasteiger partial charge on any atom is -0.347 e. The van der Waals surface area contributed by atoms with Gasteiger partial charge in [-0.05, 0) is 67.0 Å². The van der Waals surface area contributed by atoms with Crippen molar-refractivity contribution in [2.75, 3.05) is 0 Å². The molecule has 9 heteroatoms. The van der Waals surface area contributed by atoms with Crippen LogP contribution in [0.5, 0.6) is 0 Å². The van der Waals surface area contributed by atoms with E-state index in [2.05, 4.69) is 10.3 Å². The molecular formula is C24H19Cl2F3N2OS. The average molecular weight is 511 g/mol. The van der Waals surface area contributed by atoms with Crippen molar-refractivity contribution < 1.29 is 18.0 Å². The maximum atomic E-state index is 13.1. The van der Waals surface area contributed by atoms with Crippen LogP contribution in [0, 0.1) is 11.8 Å². The third-order valence-corrected chi connectivity index (χ3v) is 8.19. The highest BCUT2D eigenvalue weighted by atomic mass is 35.5. The lowest BCUT2D eigenvalue weighted by Gasteiger charge is -2.22. The van der Waals surface area contributed by atoms with Crippen LogP contribution < -0.4 is 5.32 Å². The Hall–Kier alpha value is -2.09. The van der Waals surface area contributed by atoms with Crippen molar-refractivity contribution in [1.82, 2.24) is 10.3 Å². The Balaban J connectivity index is 1.52. The summed E-state index contributed by atoms with van der Waals surface area (Å²) in [4.78, 5) is 18.2. The summed E-state index contributed by atoms with van der Waals surface area (Å²) >= 11 is 13.6. The van der Waals surface area contributed by atoms with Gasteiger partial charge in [0.1, 0.15) is 0 Å². The number of amides is 1. The molecule has 2 aliphatic carbocycles. The third-order valence-electron chi connectivity index (χ3n) is 6.54. The number of halogens is 5. The molecule has 2 fully saturated rings. The predicted molar refractivity (Wildman–Crippen MR) is 125 cm³/mol. The fourth-order valence-corrected chi connectivity index (χ4v) is 6.43. The molecule has 1 heterocycles. The molecule has 0 saturated heterocycles. The largest absolute Gasteiger partial charge is 0.416 e. The number of thiazole rings is 1. The minimum atomic E-state index is -4.43. The van der Waals surface area contributed by atoms with Gasteiger partial charge in [-0.15, -0.1) is 11.3 Å². The van der Waals surface area contributed by atoms with E-state index in [0.29, 0.717) is 43.6 Å². The molecule has 5 rings (SSSR count). The predicted octanol–water partition coefficient (Wildman–Crippen LogP) is 7.72. The van der Waals surface area contributed by atoms with Gasteiger partial charge in [0.05, 0.1) is 21.2 Å². The molecule has 1 amide bonds. The molecule has 2 saturated carbocycles. The van der Waals surface area contributed by atoms with Gasteiger partial charge in [-0.3, -0.25) is 4.79 Å². The molecule has 3 atom stereocenters. The van der Waals surface area contributed by atoms with Crippen molar-refractivity contribution >= 4 is 40.4 Å². The molecule has 1 N–H and O–H groups in total. The molecule has 33 heavy (non-hydrogen) atoms. The smallest absolute Gasteiger partial charge is 0.347 e. The van der Waals surface area contributed by atoms with E-state index in [1.165, 1.54) is 18.6 Å². The molecule has 2 aliphatic rings. The molecule has 2 aromatic carbocycles. The summed E-state index contributed by atoms with van der Waals surface area (Å²) < 4.78 is 39.1. The van der Waals surface area contributed by atoms with Gasteiger partial charge in [-0.1, -0.05) is 41.8 Å². The van der Waals surface area contributed by atoms with Gasteiger partial charge in [-0.2, -0.15) is 13.2 Å². The number of carbonyl (C=O) groups excluding carboxylic acids is 1. The summed E-state index contributed by atoms with van der Waals surface area (Å²) in [6.45, 7) is 0. The summed E-state index contributed by atoms with van der Waals surface area (Å²) in [5.74, 6) is 0.934. The molecule has 172 valence electrons. The summed E-state index contributed by atoms with van der Waals surface area (Å²) in [5.41, 5.74) is 0.794. The van der Waals surface area contributed by atoms with Gasteiger partial charge in [0.25, 0.3) is 5.91 Å². The van der Waals surface area contributed by atoms with Crippen molar-refractivity contribution in [2.45, 2.75) is 37.9 Å². The Labute approximate surface area is 202 Å². The van der Waals surface area contributed by atoms with E-state index in [9.17, 15) is 18.0 Å². The van der Waals surface area contributed by atoms with E-state index >= 15 is 0 Å². The Morgan fingerprint density at radius 1 is 1.06 bits per heavy atom. The molecular weight excluding hydrogens is 492 g/mol. The number of rotatable bonds is 4. The molecule has 0 aliphatic heterocycles. The van der Waals surface area contributed by atoms with Crippen molar-refractivity contribution in [1.29, 1.82) is 0 Å². The number of benzene rings is 2. The summed E-state index contributed by atoms with van der Waals surface area (Å²) in [6.07, 6.45) is 0.0798. The highest BCUT2D eigenvalue weighted by Crippen LogP contribution is 2.45. The van der Waals surface area contributed by atoms with Gasteiger partial charge in [0, 0.05) is 16.6 Å². The lowest BCUT2D eigenvalue weighted by atomic mass is 9.95. The SMILES string of the molecule is O=C(N[C@H]1C[C@@H]2CC[C@H]1C2)c1nc(-c2ccc(Cl)cc2Cl)c(-c2ccc(C(F)(F)F)cc2)s1. The van der Waals surface area contributed by atoms with E-state index in [0.717, 1.165) is 42.7 Å². The van der Waals surface area contributed by atoms with Crippen LogP contribution >= 0.6 is 34.5 Å². The maximum Gasteiger partial charge on any atom is 0.416 e. The Morgan fingerprint density at radius 2 is 1.82 bits per heavy atom. The molecule has 3 nitrogen and oxygen atoms in total. The highest BCUT2D eigenvalue weighted by Gasteiger charge is 2.40. The van der Waals surface area contributed by atoms with Crippen molar-refractivity contribution in [3.63, 3.8) is 0 Å². The first kappa shape index (κ1) is 22.7. The number of aromatic nitrogens is 1. The molecule has 1 aromatic heterocycles. The Bertz CT molecular complexity index is 1210. The van der Waals surface area contributed by atoms with Gasteiger partial charge in [0.15, 0.2) is 5.01 Å². The van der Waals surface area contributed by atoms with Crippen molar-refractivity contribution in [3.8, 4) is 21.7 Å². The zero-order valence-electron chi connectivity index (χ0n) is 17.3. The van der Waals surface area contributed by atoms with Crippen LogP contribution in [0.25, 0.3) is 21.7 Å². The number of fused-ring (bicyclic) bond motifs is 2. The van der Waals surface area contributed by atoms with E-state index in [4.69, 9.17) is 23.2 Å². The molecule has 3 aromatic rings. The topological polar surface area (TPSA) is 42.0 Å². The molecule has 0 spiro atoms. The average Bonchev–Trinajstić information content (AvgIpc) is 3.49. The maximum absolute atomic E-state index is 13.1. The summed E-state index contributed by atoms with van der Waals surface area (Å²) in [5, 5.41) is 4.18. The first-order valence-corrected chi connectivity index (χ1v) is 12.2. The van der Waals surface area contributed by atoms with E-state index in [1.807, 2.05) is 0 Å². The van der Waals surface area contributed by atoms with Gasteiger partial charge in [-0.25, -0.2) is 4.98 Å². The van der Waals surface area contributed by atoms with Crippen LogP contribution in [0.2, 0.25) is 10.0 Å². The van der Waals surface area contributed by atoms with Crippen LogP contribution in [-0.4, -0.2) is 16.9 Å². The standard InChI is InChI=1S/C24H19Cl2F3N2OS/c25-16-7-8-17(18(26)11-16)20-21(13-3-5-15(6-4-13)24(27,28)29)33-23(31-20)22(32)30-19-10-12-1-2-14(19)9-12/h3-8,11-12,14,19H,1-2,9-10H2,(H,30,32)/t12-,14+,19+/m1/s1. The summed E-state index contributed by atoms with van der Waals surface area (Å²) in [6, 6.07) is 9.91. The Kier molecular flexibility index (Phi) is 5.91. The van der Waals surface area contributed by atoms with Gasteiger partial charge < -0.3 is 5.32 Å². The zero-order chi connectivity index (χ0) is 23.3. The quantitative estimate of drug-likeness (QED) is 0.390. The van der Waals surface area contributed by atoms with Crippen LogP contribution in [0.3, 0.4) is 0 Å². The molecule has 0 radical (unpaired) electrons. The second kappa shape index (κ2) is 8.60. The summed E-state index contributed by atoms with van der Waals surface area (Å²) in [7, 11) is 0. The fraction of sp³-hybridized carbons (Fsp3) is 0.333. The van der Waals surface area contributed by atoms with E-state index in [1.54, 1.807) is 18.2 Å². The first-order chi connectivity index (χ1) is 15.7. The van der Waals surface area contributed by atoms with Crippen LogP contribution in [0.1, 0.15) is 41.0 Å². The number of alkyl halides is 3. The second-order valence-electron chi connectivity index (χ2n) is 8.65. The van der Waals surface area contributed by atoms with Gasteiger partial charge in [0.2, 0.25) is 0 Å². The lowest BCUT2D eigenvalue weighted by Crippen LogP contribution is -2.38. The Morgan fingerprint density at radius 3 is 2.42 bits per heavy atom. The van der Waals surface area contributed by atoms with E-state index in [-0.39, 0.29) is 17.0 Å². The fourth-order valence-electron chi connectivity index (χ4n) is 4.94. The lowest BCUT2D eigenvalue weighted by molar-refractivity contribution is -0.137. The molecule has 2 bridgehead atoms. The number of carbonyl (C=O) groups is 1. The van der Waals surface area contributed by atoms with Crippen molar-refractivity contribution in [3.05, 3.63) is 63.1 Å². The zero-order valence-corrected chi connectivity index (χ0v) is 19.6. The number of nitrogens with zero attached hydrogens (tertiary/aromatic N) is 1. The van der Waals surface area contributed by atoms with Crippen LogP contribution in [-0.2, 0) is 6.18 Å². The normalized spacial score (nSPS) is 22.0. The molecule has 0 unspecified atom stereocenters. The number of hydrogen-bond acceptors (Lipinski definition) is 3. The second-order valence-corrected chi connectivity index (χ2v) is 10.5. The highest BCUT2D eigenvalue weighted by molar-refractivity contribution is 7.17.